The molecular weight excluding hydrogens is 455 g/mol. The van der Waals surface area contributed by atoms with Crippen LogP contribution in [0.5, 0.6) is 11.5 Å². The van der Waals surface area contributed by atoms with E-state index in [4.69, 9.17) is 15.2 Å². The number of methoxy groups -OCH3 is 2. The van der Waals surface area contributed by atoms with E-state index in [2.05, 4.69) is 37.9 Å². The molecule has 2 aromatic carbocycles. The predicted molar refractivity (Wildman–Crippen MR) is 116 cm³/mol. The minimum atomic E-state index is 0.587. The van der Waals surface area contributed by atoms with Gasteiger partial charge < -0.3 is 20.5 Å². The van der Waals surface area contributed by atoms with Gasteiger partial charge in [0.1, 0.15) is 11.5 Å². The van der Waals surface area contributed by atoms with Gasteiger partial charge in [-0.15, -0.1) is 0 Å². The molecule has 142 valence electrons. The third-order valence-corrected chi connectivity index (χ3v) is 4.18. The zero-order valence-corrected chi connectivity index (χ0v) is 17.5. The Bertz CT molecular complexity index is 771. The molecule has 0 aliphatic carbocycles. The first-order chi connectivity index (χ1) is 13.1. The van der Waals surface area contributed by atoms with Gasteiger partial charge >= 0.3 is 0 Å². The lowest BCUT2D eigenvalue weighted by Gasteiger charge is -2.05. The molecule has 0 radical (unpaired) electrons. The summed E-state index contributed by atoms with van der Waals surface area (Å²) >= 11 is 2.18. The maximum atomic E-state index is 5.40. The van der Waals surface area contributed by atoms with Crippen LogP contribution in [0, 0.1) is 3.57 Å². The van der Waals surface area contributed by atoms with Crippen molar-refractivity contribution in [1.82, 2.24) is 9.97 Å². The number of anilines is 1. The Morgan fingerprint density at radius 3 is 1.78 bits per heavy atom. The number of rotatable bonds is 6. The average molecular weight is 478 g/mol. The van der Waals surface area contributed by atoms with Crippen molar-refractivity contribution < 1.29 is 9.47 Å². The molecule has 3 N–H and O–H groups in total. The van der Waals surface area contributed by atoms with Crippen LogP contribution in [0.4, 0.5) is 5.95 Å². The van der Waals surface area contributed by atoms with Crippen molar-refractivity contribution >= 4 is 28.5 Å². The summed E-state index contributed by atoms with van der Waals surface area (Å²) in [7, 11) is 3.31. The minimum absolute atomic E-state index is 0.587. The van der Waals surface area contributed by atoms with Crippen LogP contribution < -0.4 is 20.5 Å². The third kappa shape index (κ3) is 7.40. The minimum Gasteiger partial charge on any atom is -0.497 e. The average Bonchev–Trinajstić information content (AvgIpc) is 2.74. The molecule has 0 atom stereocenters. The highest BCUT2D eigenvalue weighted by Gasteiger charge is 1.97. The van der Waals surface area contributed by atoms with E-state index >= 15 is 0 Å². The number of ether oxygens (including phenoxy) is 2. The highest BCUT2D eigenvalue weighted by atomic mass is 127. The molecule has 1 aromatic heterocycles. The monoisotopic (exact) mass is 478 g/mol. The van der Waals surface area contributed by atoms with Gasteiger partial charge in [0, 0.05) is 29.1 Å². The van der Waals surface area contributed by atoms with Crippen molar-refractivity contribution in [3.8, 4) is 11.5 Å². The standard InChI is InChI=1S/C12H12IN3O.C8H11NO/c1-17-11-4-2-9(3-5-11)6-14-12-15-7-10(13)8-16-12;1-10-8-4-2-7(6-9)3-5-8/h2-5,7-8H,6H2,1H3,(H,14,15,16);2-5H,6,9H2,1H3. The van der Waals surface area contributed by atoms with Crippen LogP contribution in [0.3, 0.4) is 0 Å². The number of nitrogens with zero attached hydrogens (tertiary/aromatic N) is 2. The molecule has 0 saturated heterocycles. The third-order valence-electron chi connectivity index (χ3n) is 3.62. The highest BCUT2D eigenvalue weighted by molar-refractivity contribution is 14.1. The van der Waals surface area contributed by atoms with E-state index in [1.807, 2.05) is 48.5 Å². The first-order valence-corrected chi connectivity index (χ1v) is 9.40. The summed E-state index contributed by atoms with van der Waals surface area (Å²) in [6.07, 6.45) is 3.56. The van der Waals surface area contributed by atoms with E-state index in [0.717, 1.165) is 26.2 Å². The van der Waals surface area contributed by atoms with Crippen molar-refractivity contribution in [2.45, 2.75) is 13.1 Å². The first-order valence-electron chi connectivity index (χ1n) is 8.32. The zero-order chi connectivity index (χ0) is 19.5. The molecule has 1 heterocycles. The van der Waals surface area contributed by atoms with Crippen molar-refractivity contribution in [1.29, 1.82) is 0 Å². The maximum absolute atomic E-state index is 5.40. The maximum Gasteiger partial charge on any atom is 0.222 e. The second kappa shape index (κ2) is 11.3. The fraction of sp³-hybridized carbons (Fsp3) is 0.200. The normalized spacial score (nSPS) is 9.78. The summed E-state index contributed by atoms with van der Waals surface area (Å²) in [6.45, 7) is 1.29. The summed E-state index contributed by atoms with van der Waals surface area (Å²) < 4.78 is 11.1. The van der Waals surface area contributed by atoms with E-state index in [-0.39, 0.29) is 0 Å². The molecular formula is C20H23IN4O2. The Labute approximate surface area is 173 Å². The second-order valence-electron chi connectivity index (χ2n) is 5.48. The summed E-state index contributed by atoms with van der Waals surface area (Å²) in [5.74, 6) is 2.37. The summed E-state index contributed by atoms with van der Waals surface area (Å²) in [6, 6.07) is 15.6. The van der Waals surface area contributed by atoms with Crippen molar-refractivity contribution in [2.75, 3.05) is 19.5 Å². The highest BCUT2D eigenvalue weighted by Crippen LogP contribution is 2.12. The number of nitrogens with two attached hydrogens (primary N) is 1. The Hall–Kier alpha value is -2.39. The van der Waals surface area contributed by atoms with Crippen LogP contribution in [0.2, 0.25) is 0 Å². The van der Waals surface area contributed by atoms with Crippen LogP contribution in [-0.2, 0) is 13.1 Å². The van der Waals surface area contributed by atoms with Gasteiger partial charge in [0.05, 0.1) is 14.2 Å². The molecule has 0 spiro atoms. The molecule has 0 bridgehead atoms. The van der Waals surface area contributed by atoms with Crippen LogP contribution in [0.25, 0.3) is 0 Å². The van der Waals surface area contributed by atoms with Crippen molar-refractivity contribution in [3.05, 3.63) is 75.6 Å². The van der Waals surface area contributed by atoms with Crippen LogP contribution >= 0.6 is 22.6 Å². The Balaban J connectivity index is 0.000000223. The van der Waals surface area contributed by atoms with Gasteiger partial charge in [0.2, 0.25) is 5.95 Å². The molecule has 3 aromatic rings. The van der Waals surface area contributed by atoms with Gasteiger partial charge in [0.25, 0.3) is 0 Å². The van der Waals surface area contributed by atoms with E-state index in [1.165, 1.54) is 0 Å². The summed E-state index contributed by atoms with van der Waals surface area (Å²) in [4.78, 5) is 8.35. The topological polar surface area (TPSA) is 82.3 Å². The second-order valence-corrected chi connectivity index (χ2v) is 6.72. The zero-order valence-electron chi connectivity index (χ0n) is 15.4. The molecule has 0 unspecified atom stereocenters. The quantitative estimate of drug-likeness (QED) is 0.524. The summed E-state index contributed by atoms with van der Waals surface area (Å²) in [5, 5.41) is 3.16. The number of nitrogens with one attached hydrogen (secondary N) is 1. The molecule has 0 amide bonds. The lowest BCUT2D eigenvalue weighted by Crippen LogP contribution is -2.03. The molecule has 0 aliphatic rings. The largest absolute Gasteiger partial charge is 0.497 e. The lowest BCUT2D eigenvalue weighted by molar-refractivity contribution is 0.414. The van der Waals surface area contributed by atoms with Crippen LogP contribution in [0.15, 0.2) is 60.9 Å². The van der Waals surface area contributed by atoms with Gasteiger partial charge in [-0.3, -0.25) is 0 Å². The molecule has 6 nitrogen and oxygen atoms in total. The van der Waals surface area contributed by atoms with Crippen LogP contribution in [0.1, 0.15) is 11.1 Å². The fourth-order valence-corrected chi connectivity index (χ4v) is 2.37. The summed E-state index contributed by atoms with van der Waals surface area (Å²) in [5.41, 5.74) is 7.69. The number of aromatic nitrogens is 2. The van der Waals surface area contributed by atoms with E-state index in [0.29, 0.717) is 19.0 Å². The Kier molecular flexibility index (Phi) is 8.79. The number of hydrogen-bond acceptors (Lipinski definition) is 6. The van der Waals surface area contributed by atoms with E-state index in [1.54, 1.807) is 26.6 Å². The smallest absolute Gasteiger partial charge is 0.222 e. The Morgan fingerprint density at radius 2 is 1.33 bits per heavy atom. The molecule has 27 heavy (non-hydrogen) atoms. The first kappa shape index (κ1) is 20.9. The van der Waals surface area contributed by atoms with Crippen LogP contribution in [-0.4, -0.2) is 24.2 Å². The molecule has 0 aliphatic heterocycles. The van der Waals surface area contributed by atoms with Crippen molar-refractivity contribution in [2.24, 2.45) is 5.73 Å². The number of halogens is 1. The molecule has 0 fully saturated rings. The number of hydrogen-bond donors (Lipinski definition) is 2. The molecule has 3 rings (SSSR count). The molecule has 0 saturated carbocycles. The van der Waals surface area contributed by atoms with Gasteiger partial charge in [0.15, 0.2) is 0 Å². The van der Waals surface area contributed by atoms with Gasteiger partial charge in [-0.2, -0.15) is 0 Å². The van der Waals surface area contributed by atoms with Gasteiger partial charge in [-0.25, -0.2) is 9.97 Å². The SMILES string of the molecule is COc1ccc(CN)cc1.COc1ccc(CNc2ncc(I)cn2)cc1. The van der Waals surface area contributed by atoms with Crippen molar-refractivity contribution in [3.63, 3.8) is 0 Å². The van der Waals surface area contributed by atoms with E-state index in [9.17, 15) is 0 Å². The van der Waals surface area contributed by atoms with Gasteiger partial charge in [-0.05, 0) is 58.0 Å². The predicted octanol–water partition coefficient (Wildman–Crippen LogP) is 3.86. The lowest BCUT2D eigenvalue weighted by atomic mass is 10.2. The number of benzene rings is 2. The van der Waals surface area contributed by atoms with Gasteiger partial charge in [-0.1, -0.05) is 24.3 Å². The Morgan fingerprint density at radius 1 is 0.852 bits per heavy atom. The molecule has 7 heteroatoms. The van der Waals surface area contributed by atoms with E-state index < -0.39 is 0 Å². The fourth-order valence-electron chi connectivity index (χ4n) is 2.09.